The smallest absolute Gasteiger partial charge is 0.339 e. The maximum absolute atomic E-state index is 12.6. The predicted octanol–water partition coefficient (Wildman–Crippen LogP) is 4.18. The molecule has 1 N–H and O–H groups in total. The number of amides is 2. The van der Waals surface area contributed by atoms with E-state index in [4.69, 9.17) is 8.92 Å². The first-order valence-corrected chi connectivity index (χ1v) is 11.1. The van der Waals surface area contributed by atoms with Gasteiger partial charge in [0.25, 0.3) is 0 Å². The number of carbonyl (C=O) groups is 1. The Bertz CT molecular complexity index is 964. The van der Waals surface area contributed by atoms with E-state index in [0.717, 1.165) is 5.56 Å². The summed E-state index contributed by atoms with van der Waals surface area (Å²) in [5, 5.41) is 2.95. The van der Waals surface area contributed by atoms with Gasteiger partial charge >= 0.3 is 16.1 Å². The summed E-state index contributed by atoms with van der Waals surface area (Å²) >= 11 is 0. The molecule has 0 unspecified atom stereocenters. The van der Waals surface area contributed by atoms with Gasteiger partial charge in [-0.25, -0.2) is 4.79 Å². The lowest BCUT2D eigenvalue weighted by Crippen LogP contribution is -2.50. The van der Waals surface area contributed by atoms with Crippen molar-refractivity contribution in [1.29, 1.82) is 0 Å². The molecule has 0 spiro atoms. The summed E-state index contributed by atoms with van der Waals surface area (Å²) in [5.74, 6) is 0.738. The van der Waals surface area contributed by atoms with Gasteiger partial charge in [-0.3, -0.25) is 0 Å². The molecule has 2 aromatic rings. The number of nitrogens with one attached hydrogen (secondary N) is 1. The summed E-state index contributed by atoms with van der Waals surface area (Å²) in [6.07, 6.45) is 0. The molecule has 0 saturated carbocycles. The van der Waals surface area contributed by atoms with Crippen LogP contribution in [0, 0.1) is 0 Å². The van der Waals surface area contributed by atoms with Gasteiger partial charge in [0.05, 0.1) is 7.11 Å². The molecule has 7 nitrogen and oxygen atoms in total. The number of rotatable bonds is 7. The third-order valence-corrected chi connectivity index (χ3v) is 5.43. The van der Waals surface area contributed by atoms with E-state index in [2.05, 4.69) is 5.32 Å². The molecule has 0 fully saturated rings. The van der Waals surface area contributed by atoms with Gasteiger partial charge in [0.2, 0.25) is 0 Å². The fourth-order valence-electron chi connectivity index (χ4n) is 2.69. The molecule has 30 heavy (non-hydrogen) atoms. The number of hydrogen-bond acceptors (Lipinski definition) is 5. The average molecular weight is 435 g/mol. The lowest BCUT2D eigenvalue weighted by molar-refractivity contribution is 0.171. The summed E-state index contributed by atoms with van der Waals surface area (Å²) in [5.41, 5.74) is 0.400. The molecule has 0 aliphatic carbocycles. The van der Waals surface area contributed by atoms with E-state index in [1.165, 1.54) is 19.2 Å². The fourth-order valence-corrected chi connectivity index (χ4v) is 3.61. The monoisotopic (exact) mass is 434 g/mol. The summed E-state index contributed by atoms with van der Waals surface area (Å²) in [7, 11) is -2.48. The predicted molar refractivity (Wildman–Crippen MR) is 116 cm³/mol. The fraction of sp³-hybridized carbons (Fsp3) is 0.409. The van der Waals surface area contributed by atoms with Gasteiger partial charge in [-0.2, -0.15) is 8.42 Å². The SMILES string of the molecule is COc1ccc(S(=O)(=O)Oc2cccc(CN(C(=O)NC(C)(C)C)C(C)C)c2)cc1. The molecule has 2 aromatic carbocycles. The van der Waals surface area contributed by atoms with E-state index in [1.807, 2.05) is 40.7 Å². The Labute approximate surface area is 179 Å². The molecule has 0 aromatic heterocycles. The van der Waals surface area contributed by atoms with Crippen LogP contribution in [0.5, 0.6) is 11.5 Å². The molecule has 0 heterocycles. The van der Waals surface area contributed by atoms with Gasteiger partial charge in [-0.15, -0.1) is 0 Å². The standard InChI is InChI=1S/C22H30N2O5S/c1-16(2)24(21(25)23-22(3,4)5)15-17-8-7-9-19(14-17)29-30(26,27)20-12-10-18(28-6)11-13-20/h7-14,16H,15H2,1-6H3,(H,23,25). The number of benzene rings is 2. The molecular weight excluding hydrogens is 404 g/mol. The molecular formula is C22H30N2O5S. The molecule has 0 atom stereocenters. The van der Waals surface area contributed by atoms with Crippen molar-refractivity contribution in [2.45, 2.75) is 57.6 Å². The van der Waals surface area contributed by atoms with Crippen LogP contribution in [0.15, 0.2) is 53.4 Å². The van der Waals surface area contributed by atoms with Crippen molar-refractivity contribution in [2.24, 2.45) is 0 Å². The maximum atomic E-state index is 12.6. The number of methoxy groups -OCH3 is 1. The molecule has 2 rings (SSSR count). The minimum atomic E-state index is -3.99. The topological polar surface area (TPSA) is 84.9 Å². The zero-order valence-corrected chi connectivity index (χ0v) is 19.1. The highest BCUT2D eigenvalue weighted by Crippen LogP contribution is 2.23. The summed E-state index contributed by atoms with van der Waals surface area (Å²) in [4.78, 5) is 14.3. The first-order valence-electron chi connectivity index (χ1n) is 9.67. The van der Waals surface area contributed by atoms with Gasteiger partial charge in [-0.05, 0) is 76.6 Å². The molecule has 2 amide bonds. The maximum Gasteiger partial charge on any atom is 0.339 e. The number of carbonyl (C=O) groups excluding carboxylic acids is 1. The van der Waals surface area contributed by atoms with Crippen molar-refractivity contribution >= 4 is 16.1 Å². The van der Waals surface area contributed by atoms with Crippen molar-refractivity contribution in [2.75, 3.05) is 7.11 Å². The van der Waals surface area contributed by atoms with Gasteiger partial charge in [0, 0.05) is 18.1 Å². The highest BCUT2D eigenvalue weighted by molar-refractivity contribution is 7.87. The Kier molecular flexibility index (Phi) is 7.36. The Morgan fingerprint density at radius 1 is 1.07 bits per heavy atom. The number of hydrogen-bond donors (Lipinski definition) is 1. The molecule has 0 bridgehead atoms. The highest BCUT2D eigenvalue weighted by atomic mass is 32.2. The summed E-state index contributed by atoms with van der Waals surface area (Å²) in [6, 6.07) is 12.5. The summed E-state index contributed by atoms with van der Waals surface area (Å²) in [6.45, 7) is 9.93. The quantitative estimate of drug-likeness (QED) is 0.661. The molecule has 8 heteroatoms. The molecule has 0 saturated heterocycles. The van der Waals surface area contributed by atoms with Crippen LogP contribution in [0.3, 0.4) is 0 Å². The van der Waals surface area contributed by atoms with Gasteiger partial charge in [0.1, 0.15) is 16.4 Å². The van der Waals surface area contributed by atoms with E-state index in [9.17, 15) is 13.2 Å². The second-order valence-corrected chi connectivity index (χ2v) is 9.81. The van der Waals surface area contributed by atoms with Crippen LogP contribution in [0.4, 0.5) is 4.79 Å². The van der Waals surface area contributed by atoms with Crippen molar-refractivity contribution in [3.63, 3.8) is 0 Å². The Morgan fingerprint density at radius 3 is 2.23 bits per heavy atom. The third-order valence-electron chi connectivity index (χ3n) is 4.17. The van der Waals surface area contributed by atoms with E-state index in [-0.39, 0.29) is 28.3 Å². The Hall–Kier alpha value is -2.74. The van der Waals surface area contributed by atoms with Crippen LogP contribution in [0.2, 0.25) is 0 Å². The van der Waals surface area contributed by atoms with Crippen LogP contribution in [-0.4, -0.2) is 38.0 Å². The second-order valence-electron chi connectivity index (χ2n) is 8.26. The van der Waals surface area contributed by atoms with Crippen molar-refractivity contribution in [1.82, 2.24) is 10.2 Å². The third kappa shape index (κ3) is 6.66. The number of urea groups is 1. The lowest BCUT2D eigenvalue weighted by atomic mass is 10.1. The minimum absolute atomic E-state index is 0.0297. The van der Waals surface area contributed by atoms with E-state index >= 15 is 0 Å². The summed E-state index contributed by atoms with van der Waals surface area (Å²) < 4.78 is 35.5. The largest absolute Gasteiger partial charge is 0.497 e. The van der Waals surface area contributed by atoms with Crippen LogP contribution >= 0.6 is 0 Å². The normalized spacial score (nSPS) is 11.8. The van der Waals surface area contributed by atoms with E-state index in [1.54, 1.807) is 35.2 Å². The second kappa shape index (κ2) is 9.38. The minimum Gasteiger partial charge on any atom is -0.497 e. The molecule has 0 aliphatic rings. The van der Waals surface area contributed by atoms with Crippen LogP contribution in [0.1, 0.15) is 40.2 Å². The van der Waals surface area contributed by atoms with Crippen LogP contribution in [-0.2, 0) is 16.7 Å². The zero-order valence-electron chi connectivity index (χ0n) is 18.3. The number of nitrogens with zero attached hydrogens (tertiary/aromatic N) is 1. The highest BCUT2D eigenvalue weighted by Gasteiger charge is 2.22. The Morgan fingerprint density at radius 2 is 1.70 bits per heavy atom. The van der Waals surface area contributed by atoms with E-state index < -0.39 is 10.1 Å². The first-order chi connectivity index (χ1) is 13.9. The Balaban J connectivity index is 2.19. The van der Waals surface area contributed by atoms with Crippen LogP contribution < -0.4 is 14.2 Å². The zero-order chi connectivity index (χ0) is 22.5. The van der Waals surface area contributed by atoms with Crippen molar-refractivity contribution < 1.29 is 22.1 Å². The van der Waals surface area contributed by atoms with E-state index in [0.29, 0.717) is 12.3 Å². The number of ether oxygens (including phenoxy) is 1. The van der Waals surface area contributed by atoms with Crippen LogP contribution in [0.25, 0.3) is 0 Å². The molecule has 0 radical (unpaired) electrons. The van der Waals surface area contributed by atoms with Crippen molar-refractivity contribution in [3.05, 3.63) is 54.1 Å². The average Bonchev–Trinajstić information content (AvgIpc) is 2.64. The first kappa shape index (κ1) is 23.5. The molecule has 0 aliphatic heterocycles. The lowest BCUT2D eigenvalue weighted by Gasteiger charge is -2.31. The van der Waals surface area contributed by atoms with Gasteiger partial charge in [-0.1, -0.05) is 12.1 Å². The van der Waals surface area contributed by atoms with Gasteiger partial charge < -0.3 is 19.1 Å². The van der Waals surface area contributed by atoms with Gasteiger partial charge in [0.15, 0.2) is 0 Å². The molecule has 164 valence electrons. The van der Waals surface area contributed by atoms with Crippen molar-refractivity contribution in [3.8, 4) is 11.5 Å².